The summed E-state index contributed by atoms with van der Waals surface area (Å²) in [6.07, 6.45) is 0.659. The highest BCUT2D eigenvalue weighted by atomic mass is 16.7. The zero-order valence-corrected chi connectivity index (χ0v) is 29.4. The largest absolute Gasteiger partial charge is 0.489 e. The van der Waals surface area contributed by atoms with Crippen molar-refractivity contribution in [1.29, 1.82) is 0 Å². The molecule has 4 aromatic rings. The van der Waals surface area contributed by atoms with E-state index >= 15 is 0 Å². The van der Waals surface area contributed by atoms with Crippen LogP contribution in [0.5, 0.6) is 5.75 Å². The van der Waals surface area contributed by atoms with E-state index < -0.39 is 0 Å². The van der Waals surface area contributed by atoms with E-state index in [1.807, 2.05) is 36.9 Å². The lowest BCUT2D eigenvalue weighted by atomic mass is 10.1. The molecule has 1 saturated heterocycles. The molecule has 0 unspecified atom stereocenters. The molecule has 1 amide bonds. The van der Waals surface area contributed by atoms with E-state index in [-0.39, 0.29) is 18.3 Å². The standard InChI is InChI=1S/C41H50N4O4/c1-5-47-41(48-6-2)34-16-14-31(15-17-34)28-42-36-19-18-33-20-21-45(38(33)27-36)40(46)35-11-9-10-32(26-35)29-43-22-24-44(25-23-43)37-12-7-8-13-39(37)49-30(3)4/h7-19,26-27,30,41-42H,5-6,20-25,28-29H2,1-4H3. The van der Waals surface area contributed by atoms with Gasteiger partial charge in [-0.05, 0) is 87.2 Å². The predicted molar refractivity (Wildman–Crippen MR) is 198 cm³/mol. The number of carbonyl (C=O) groups excluding carboxylic acids is 1. The number of anilines is 3. The second-order valence-corrected chi connectivity index (χ2v) is 13.0. The van der Waals surface area contributed by atoms with Crippen LogP contribution in [-0.4, -0.2) is 62.8 Å². The number of amides is 1. The van der Waals surface area contributed by atoms with Crippen molar-refractivity contribution in [1.82, 2.24) is 4.90 Å². The first kappa shape index (κ1) is 34.5. The fraction of sp³-hybridized carbons (Fsp3) is 0.390. The zero-order chi connectivity index (χ0) is 34.2. The SMILES string of the molecule is CCOC(OCC)c1ccc(CNc2ccc3c(c2)N(C(=O)c2cccc(CN4CCN(c5ccccc5OC(C)C)CC4)c2)CC3)cc1. The predicted octanol–water partition coefficient (Wildman–Crippen LogP) is 7.68. The Bertz CT molecular complexity index is 1680. The minimum Gasteiger partial charge on any atom is -0.489 e. The Hall–Kier alpha value is -4.37. The summed E-state index contributed by atoms with van der Waals surface area (Å²) in [4.78, 5) is 20.7. The molecule has 8 heteroatoms. The van der Waals surface area contributed by atoms with Crippen molar-refractivity contribution >= 4 is 23.0 Å². The summed E-state index contributed by atoms with van der Waals surface area (Å²) in [6.45, 7) is 15.2. The second kappa shape index (κ2) is 16.4. The molecular formula is C41H50N4O4. The maximum Gasteiger partial charge on any atom is 0.258 e. The van der Waals surface area contributed by atoms with Gasteiger partial charge in [0.25, 0.3) is 5.91 Å². The molecule has 0 spiro atoms. The van der Waals surface area contributed by atoms with Crippen molar-refractivity contribution in [3.05, 3.63) is 119 Å². The average molecular weight is 663 g/mol. The van der Waals surface area contributed by atoms with Crippen LogP contribution >= 0.6 is 0 Å². The number of nitrogens with one attached hydrogen (secondary N) is 1. The number of rotatable bonds is 14. The maximum atomic E-state index is 13.9. The van der Waals surface area contributed by atoms with Crippen molar-refractivity contribution < 1.29 is 19.0 Å². The summed E-state index contributed by atoms with van der Waals surface area (Å²) in [5.41, 5.74) is 8.43. The smallest absolute Gasteiger partial charge is 0.258 e. The van der Waals surface area contributed by atoms with Gasteiger partial charge in [-0.1, -0.05) is 54.6 Å². The highest BCUT2D eigenvalue weighted by Gasteiger charge is 2.27. The minimum atomic E-state index is -0.340. The van der Waals surface area contributed by atoms with Gasteiger partial charge in [0.15, 0.2) is 6.29 Å². The molecule has 6 rings (SSSR count). The van der Waals surface area contributed by atoms with Gasteiger partial charge in [0.2, 0.25) is 0 Å². The third-order valence-corrected chi connectivity index (χ3v) is 9.13. The van der Waals surface area contributed by atoms with Gasteiger partial charge in [0, 0.05) is 81.5 Å². The van der Waals surface area contributed by atoms with Gasteiger partial charge in [0.1, 0.15) is 5.75 Å². The van der Waals surface area contributed by atoms with Crippen LogP contribution in [-0.2, 0) is 29.0 Å². The number of benzene rings is 4. The Morgan fingerprint density at radius 3 is 2.27 bits per heavy atom. The van der Waals surface area contributed by atoms with E-state index in [0.29, 0.717) is 26.3 Å². The van der Waals surface area contributed by atoms with Gasteiger partial charge in [-0.2, -0.15) is 0 Å². The lowest BCUT2D eigenvalue weighted by Crippen LogP contribution is -2.46. The van der Waals surface area contributed by atoms with E-state index in [2.05, 4.69) is 102 Å². The van der Waals surface area contributed by atoms with Gasteiger partial charge >= 0.3 is 0 Å². The van der Waals surface area contributed by atoms with E-state index in [4.69, 9.17) is 14.2 Å². The molecule has 1 N–H and O–H groups in total. The quantitative estimate of drug-likeness (QED) is 0.139. The molecule has 2 aliphatic rings. The molecule has 258 valence electrons. The molecule has 0 radical (unpaired) electrons. The Balaban J connectivity index is 1.05. The summed E-state index contributed by atoms with van der Waals surface area (Å²) in [5, 5.41) is 3.55. The van der Waals surface area contributed by atoms with E-state index in [0.717, 1.165) is 84.2 Å². The van der Waals surface area contributed by atoms with Crippen LogP contribution in [0.3, 0.4) is 0 Å². The molecule has 4 aromatic carbocycles. The van der Waals surface area contributed by atoms with Crippen LogP contribution in [0.2, 0.25) is 0 Å². The van der Waals surface area contributed by atoms with Crippen LogP contribution in [0.1, 0.15) is 66.6 Å². The number of fused-ring (bicyclic) bond motifs is 1. The van der Waals surface area contributed by atoms with Gasteiger partial charge < -0.3 is 29.3 Å². The monoisotopic (exact) mass is 662 g/mol. The van der Waals surface area contributed by atoms with E-state index in [9.17, 15) is 4.79 Å². The molecule has 0 aromatic heterocycles. The number of carbonyl (C=O) groups is 1. The van der Waals surface area contributed by atoms with Crippen molar-refractivity contribution in [2.45, 2.75) is 59.6 Å². The number of piperazine rings is 1. The summed E-state index contributed by atoms with van der Waals surface area (Å²) >= 11 is 0. The third kappa shape index (κ3) is 8.63. The van der Waals surface area contributed by atoms with E-state index in [1.165, 1.54) is 5.56 Å². The lowest BCUT2D eigenvalue weighted by molar-refractivity contribution is -0.140. The highest BCUT2D eigenvalue weighted by Crippen LogP contribution is 2.33. The van der Waals surface area contributed by atoms with Crippen molar-refractivity contribution in [3.63, 3.8) is 0 Å². The van der Waals surface area contributed by atoms with Crippen LogP contribution in [0, 0.1) is 0 Å². The summed E-state index contributed by atoms with van der Waals surface area (Å²) < 4.78 is 17.5. The first-order valence-corrected chi connectivity index (χ1v) is 17.7. The van der Waals surface area contributed by atoms with Crippen molar-refractivity contribution in [2.75, 3.05) is 61.1 Å². The number of hydrogen-bond acceptors (Lipinski definition) is 7. The maximum absolute atomic E-state index is 13.9. The molecular weight excluding hydrogens is 612 g/mol. The number of hydrogen-bond donors (Lipinski definition) is 1. The first-order chi connectivity index (χ1) is 23.9. The number of ether oxygens (including phenoxy) is 3. The normalized spacial score (nSPS) is 14.8. The molecule has 49 heavy (non-hydrogen) atoms. The molecule has 0 aliphatic carbocycles. The summed E-state index contributed by atoms with van der Waals surface area (Å²) in [6, 6.07) is 31.2. The summed E-state index contributed by atoms with van der Waals surface area (Å²) in [7, 11) is 0. The molecule has 8 nitrogen and oxygen atoms in total. The van der Waals surface area contributed by atoms with Gasteiger partial charge in [0.05, 0.1) is 11.8 Å². The molecule has 2 heterocycles. The first-order valence-electron chi connectivity index (χ1n) is 17.7. The molecule has 2 aliphatic heterocycles. The van der Waals surface area contributed by atoms with Gasteiger partial charge in [-0.25, -0.2) is 0 Å². The zero-order valence-electron chi connectivity index (χ0n) is 29.4. The van der Waals surface area contributed by atoms with Crippen LogP contribution in [0.4, 0.5) is 17.1 Å². The molecule has 0 saturated carbocycles. The van der Waals surface area contributed by atoms with Crippen molar-refractivity contribution in [2.24, 2.45) is 0 Å². The highest BCUT2D eigenvalue weighted by molar-refractivity contribution is 6.07. The van der Waals surface area contributed by atoms with E-state index in [1.54, 1.807) is 0 Å². The molecule has 0 atom stereocenters. The minimum absolute atomic E-state index is 0.0538. The Labute approximate surface area is 291 Å². The van der Waals surface area contributed by atoms with Gasteiger partial charge in [-0.3, -0.25) is 9.69 Å². The van der Waals surface area contributed by atoms with Crippen LogP contribution in [0.15, 0.2) is 91.0 Å². The third-order valence-electron chi connectivity index (χ3n) is 9.13. The van der Waals surface area contributed by atoms with Gasteiger partial charge in [-0.15, -0.1) is 0 Å². The fourth-order valence-corrected chi connectivity index (χ4v) is 6.68. The fourth-order valence-electron chi connectivity index (χ4n) is 6.68. The average Bonchev–Trinajstić information content (AvgIpc) is 3.54. The molecule has 1 fully saturated rings. The number of nitrogens with zero attached hydrogens (tertiary/aromatic N) is 3. The van der Waals surface area contributed by atoms with Crippen LogP contribution in [0.25, 0.3) is 0 Å². The number of para-hydroxylation sites is 2. The Morgan fingerprint density at radius 1 is 0.776 bits per heavy atom. The van der Waals surface area contributed by atoms with Crippen molar-refractivity contribution in [3.8, 4) is 5.75 Å². The Morgan fingerprint density at radius 2 is 1.53 bits per heavy atom. The van der Waals surface area contributed by atoms with Crippen LogP contribution < -0.4 is 19.9 Å². The Kier molecular flexibility index (Phi) is 11.5. The topological polar surface area (TPSA) is 66.5 Å². The second-order valence-electron chi connectivity index (χ2n) is 13.0. The lowest BCUT2D eigenvalue weighted by Gasteiger charge is -2.37. The molecule has 0 bridgehead atoms. The summed E-state index contributed by atoms with van der Waals surface area (Å²) in [5.74, 6) is 1.00.